The van der Waals surface area contributed by atoms with Crippen LogP contribution in [-0.2, 0) is 19.1 Å². The molecule has 0 amide bonds. The van der Waals surface area contributed by atoms with Gasteiger partial charge in [-0.2, -0.15) is 0 Å². The second kappa shape index (κ2) is 44.6. The summed E-state index contributed by atoms with van der Waals surface area (Å²) in [5.74, 6) is 0.00310. The highest BCUT2D eigenvalue weighted by Gasteiger charge is 2.21. The lowest BCUT2D eigenvalue weighted by atomic mass is 9.94. The maximum absolute atomic E-state index is 13.3. The van der Waals surface area contributed by atoms with E-state index in [9.17, 15) is 9.59 Å². The van der Waals surface area contributed by atoms with Crippen molar-refractivity contribution in [2.24, 2.45) is 11.8 Å². The molecule has 0 aliphatic rings. The molecule has 0 aromatic heterocycles. The second-order valence-corrected chi connectivity index (χ2v) is 18.0. The molecular formula is C51H103N3O4S. The van der Waals surface area contributed by atoms with Crippen molar-refractivity contribution in [1.82, 2.24) is 15.1 Å². The lowest BCUT2D eigenvalue weighted by Crippen LogP contribution is -2.42. The number of hydrogen-bond donors (Lipinski definition) is 1. The Kier molecular flexibility index (Phi) is 45.2. The number of esters is 2. The van der Waals surface area contributed by atoms with Gasteiger partial charge in [-0.25, -0.2) is 0 Å². The monoisotopic (exact) mass is 854 g/mol. The predicted octanol–water partition coefficient (Wildman–Crippen LogP) is 14.6. The topological polar surface area (TPSA) is 71.1 Å². The van der Waals surface area contributed by atoms with Gasteiger partial charge in [-0.3, -0.25) is 14.5 Å². The molecule has 0 spiro atoms. The summed E-state index contributed by atoms with van der Waals surface area (Å²) in [4.78, 5) is 31.4. The smallest absolute Gasteiger partial charge is 0.308 e. The number of ether oxygens (including phenoxy) is 2. The Labute approximate surface area is 374 Å². The molecule has 2 atom stereocenters. The van der Waals surface area contributed by atoms with Crippen molar-refractivity contribution in [2.45, 2.75) is 261 Å². The van der Waals surface area contributed by atoms with E-state index < -0.39 is 0 Å². The molecule has 0 aliphatic carbocycles. The zero-order valence-corrected chi connectivity index (χ0v) is 42.1. The third-order valence-electron chi connectivity index (χ3n) is 11.7. The normalized spacial score (nSPS) is 12.4. The highest BCUT2D eigenvalue weighted by molar-refractivity contribution is 7.80. The summed E-state index contributed by atoms with van der Waals surface area (Å²) in [6.07, 6.45) is 31.7. The fraction of sp³-hybridized carbons (Fsp3) is 0.941. The number of carbonyl (C=O) groups excluding carboxylic acids is 2. The summed E-state index contributed by atoms with van der Waals surface area (Å²) in [6, 6.07) is 1.08. The molecule has 59 heavy (non-hydrogen) atoms. The van der Waals surface area contributed by atoms with Crippen molar-refractivity contribution in [1.29, 1.82) is 0 Å². The molecule has 1 N–H and O–H groups in total. The van der Waals surface area contributed by atoms with E-state index in [0.29, 0.717) is 38.4 Å². The predicted molar refractivity (Wildman–Crippen MR) is 261 cm³/mol. The van der Waals surface area contributed by atoms with Crippen LogP contribution < -0.4 is 5.32 Å². The number of carbonyl (C=O) groups is 2. The largest absolute Gasteiger partial charge is 0.465 e. The quantitative estimate of drug-likeness (QED) is 0.0370. The Morgan fingerprint density at radius 3 is 1.17 bits per heavy atom. The number of thiocarbonyl (C=S) groups is 1. The molecule has 7 nitrogen and oxygen atoms in total. The number of unbranched alkanes of at least 4 members (excludes halogenated alkanes) is 17. The molecule has 0 aromatic rings. The number of nitrogens with zero attached hydrogens (tertiary/aromatic N) is 2. The first kappa shape index (κ1) is 59.7. The Morgan fingerprint density at radius 1 is 0.475 bits per heavy atom. The third-order valence-corrected chi connectivity index (χ3v) is 12.1. The van der Waals surface area contributed by atoms with E-state index in [2.05, 4.69) is 70.5 Å². The zero-order valence-electron chi connectivity index (χ0n) is 41.3. The van der Waals surface area contributed by atoms with Crippen LogP contribution in [0.5, 0.6) is 0 Å². The van der Waals surface area contributed by atoms with Crippen LogP contribution in [0, 0.1) is 11.8 Å². The molecule has 0 aliphatic heterocycles. The van der Waals surface area contributed by atoms with Crippen LogP contribution in [-0.4, -0.2) is 78.3 Å². The zero-order chi connectivity index (χ0) is 44.4. The minimum atomic E-state index is -0.0127. The van der Waals surface area contributed by atoms with Gasteiger partial charge in [-0.05, 0) is 97.8 Å². The van der Waals surface area contributed by atoms with Crippen LogP contribution in [0.15, 0.2) is 0 Å². The van der Waals surface area contributed by atoms with Crippen molar-refractivity contribution < 1.29 is 19.1 Å². The van der Waals surface area contributed by atoms with Gasteiger partial charge in [-0.15, -0.1) is 0 Å². The van der Waals surface area contributed by atoms with Gasteiger partial charge >= 0.3 is 11.9 Å². The van der Waals surface area contributed by atoms with Gasteiger partial charge in [0.2, 0.25) is 0 Å². The summed E-state index contributed by atoms with van der Waals surface area (Å²) in [5.41, 5.74) is 0. The Hall–Kier alpha value is -1.41. The Morgan fingerprint density at radius 2 is 0.814 bits per heavy atom. The summed E-state index contributed by atoms with van der Waals surface area (Å²) < 4.78 is 11.9. The van der Waals surface area contributed by atoms with Gasteiger partial charge in [-0.1, -0.05) is 170 Å². The molecule has 8 heteroatoms. The van der Waals surface area contributed by atoms with Crippen LogP contribution in [0.1, 0.15) is 249 Å². The Balaban J connectivity index is 0. The second-order valence-electron chi connectivity index (χ2n) is 17.6. The van der Waals surface area contributed by atoms with Crippen LogP contribution >= 0.6 is 12.2 Å². The molecule has 0 saturated carbocycles. The fourth-order valence-electron chi connectivity index (χ4n) is 7.98. The average molecular weight is 854 g/mol. The fourth-order valence-corrected chi connectivity index (χ4v) is 8.27. The van der Waals surface area contributed by atoms with E-state index in [4.69, 9.17) is 21.7 Å². The van der Waals surface area contributed by atoms with Gasteiger partial charge in [0.15, 0.2) is 5.11 Å². The first-order chi connectivity index (χ1) is 28.6. The summed E-state index contributed by atoms with van der Waals surface area (Å²) in [5, 5.41) is 4.27. The molecule has 0 aromatic carbocycles. The summed E-state index contributed by atoms with van der Waals surface area (Å²) >= 11 is 5.94. The van der Waals surface area contributed by atoms with Crippen LogP contribution in [0.2, 0.25) is 0 Å². The first-order valence-corrected chi connectivity index (χ1v) is 26.1. The molecule has 0 radical (unpaired) electrons. The number of hydrogen-bond acceptors (Lipinski definition) is 6. The van der Waals surface area contributed by atoms with E-state index in [-0.39, 0.29) is 23.8 Å². The molecular weight excluding hydrogens is 751 g/mol. The molecule has 0 fully saturated rings. The number of nitrogens with one attached hydrogen (secondary N) is 1. The van der Waals surface area contributed by atoms with Gasteiger partial charge in [0, 0.05) is 31.7 Å². The SMILES string of the molecule is CC.CCCCCCCCC(CCCCCC)C(=O)OCCCN(CCCOC(=O)C(CCCCCC)CCCCCCCC)C(=S)NCCCCN(C(C)C)C(C)C. The van der Waals surface area contributed by atoms with Crippen molar-refractivity contribution >= 4 is 29.3 Å². The van der Waals surface area contributed by atoms with Crippen molar-refractivity contribution in [3.05, 3.63) is 0 Å². The maximum Gasteiger partial charge on any atom is 0.308 e. The Bertz CT molecular complexity index is 873. The summed E-state index contributed by atoms with van der Waals surface area (Å²) in [6.45, 7) is 26.2. The van der Waals surface area contributed by atoms with E-state index in [1.54, 1.807) is 0 Å². The van der Waals surface area contributed by atoms with Gasteiger partial charge in [0.25, 0.3) is 0 Å². The van der Waals surface area contributed by atoms with Crippen LogP contribution in [0.3, 0.4) is 0 Å². The van der Waals surface area contributed by atoms with Crippen LogP contribution in [0.25, 0.3) is 0 Å². The van der Waals surface area contributed by atoms with Crippen LogP contribution in [0.4, 0.5) is 0 Å². The highest BCUT2D eigenvalue weighted by Crippen LogP contribution is 2.22. The average Bonchev–Trinajstić information content (AvgIpc) is 3.22. The van der Waals surface area contributed by atoms with E-state index in [1.165, 1.54) is 103 Å². The minimum Gasteiger partial charge on any atom is -0.465 e. The molecule has 2 unspecified atom stereocenters. The van der Waals surface area contributed by atoms with Crippen molar-refractivity contribution in [2.75, 3.05) is 39.4 Å². The summed E-state index contributed by atoms with van der Waals surface area (Å²) in [7, 11) is 0. The van der Waals surface area contributed by atoms with Gasteiger partial charge in [0.05, 0.1) is 25.0 Å². The highest BCUT2D eigenvalue weighted by atomic mass is 32.1. The van der Waals surface area contributed by atoms with Gasteiger partial charge in [0.1, 0.15) is 0 Å². The van der Waals surface area contributed by atoms with Crippen molar-refractivity contribution in [3.63, 3.8) is 0 Å². The molecule has 0 saturated heterocycles. The molecule has 352 valence electrons. The lowest BCUT2D eigenvalue weighted by molar-refractivity contribution is -0.150. The molecule has 0 rings (SSSR count). The van der Waals surface area contributed by atoms with E-state index >= 15 is 0 Å². The third kappa shape index (κ3) is 35.8. The minimum absolute atomic E-state index is 0.0127. The lowest BCUT2D eigenvalue weighted by Gasteiger charge is -2.30. The standard InChI is InChI=1S/C49H97N3O4S.C2H6/c1-9-13-17-21-23-27-35-45(33-25-19-15-11-3)47(53)55-41-31-38-51(49(57)50-37-29-30-40-52(43(5)6)44(7)8)39-32-42-56-48(54)46(34-26-20-16-12-4)36-28-24-22-18-14-10-2;1-2/h43-46H,9-42H2,1-8H3,(H,50,57);1-2H3. The van der Waals surface area contributed by atoms with Gasteiger partial charge < -0.3 is 19.7 Å². The maximum atomic E-state index is 13.3. The number of rotatable bonds is 41. The van der Waals surface area contributed by atoms with Crippen molar-refractivity contribution in [3.8, 4) is 0 Å². The molecule has 0 heterocycles. The van der Waals surface area contributed by atoms with E-state index in [0.717, 1.165) is 95.3 Å². The molecule has 0 bridgehead atoms. The first-order valence-electron chi connectivity index (χ1n) is 25.7. The van der Waals surface area contributed by atoms with E-state index in [1.807, 2.05) is 13.8 Å².